The predicted molar refractivity (Wildman–Crippen MR) is 94.8 cm³/mol. The van der Waals surface area contributed by atoms with Crippen LogP contribution in [-0.2, 0) is 27.0 Å². The van der Waals surface area contributed by atoms with Crippen molar-refractivity contribution in [2.45, 2.75) is 79.8 Å². The molecule has 130 valence electrons. The maximum Gasteiger partial charge on any atom is 0.311 e. The minimum atomic E-state index is -0.522. The molecule has 0 radical (unpaired) electrons. The zero-order chi connectivity index (χ0) is 18.2. The Labute approximate surface area is 141 Å². The molecule has 0 aromatic heterocycles. The fraction of sp³-hybridized carbons (Fsp3) is 0.650. The molecule has 0 unspecified atom stereocenters. The van der Waals surface area contributed by atoms with Crippen LogP contribution >= 0.6 is 0 Å². The van der Waals surface area contributed by atoms with Crippen LogP contribution in [0.2, 0.25) is 0 Å². The van der Waals surface area contributed by atoms with Crippen molar-refractivity contribution >= 4 is 5.97 Å². The summed E-state index contributed by atoms with van der Waals surface area (Å²) in [5, 5.41) is 10.4. The predicted octanol–water partition coefficient (Wildman–Crippen LogP) is 5.08. The number of phenolic OH excluding ortho intramolecular Hbond substituents is 1. The van der Waals surface area contributed by atoms with E-state index in [1.54, 1.807) is 0 Å². The number of carbonyl (C=O) groups excluding carboxylic acids is 1. The molecule has 0 fully saturated rings. The minimum Gasteiger partial charge on any atom is -0.508 e. The van der Waals surface area contributed by atoms with E-state index in [-0.39, 0.29) is 23.4 Å². The third-order valence-corrected chi connectivity index (χ3v) is 3.81. The Balaban J connectivity index is 3.29. The Morgan fingerprint density at radius 3 is 1.78 bits per heavy atom. The second-order valence-corrected chi connectivity index (χ2v) is 9.35. The normalized spacial score (nSPS) is 13.1. The molecule has 0 spiro atoms. The van der Waals surface area contributed by atoms with E-state index >= 15 is 0 Å². The number of esters is 1. The molecule has 0 atom stereocenters. The molecule has 1 aromatic carbocycles. The van der Waals surface area contributed by atoms with Crippen molar-refractivity contribution in [3.8, 4) is 5.75 Å². The zero-order valence-electron chi connectivity index (χ0n) is 16.1. The van der Waals surface area contributed by atoms with Gasteiger partial charge >= 0.3 is 5.97 Å². The monoisotopic (exact) mass is 320 g/mol. The van der Waals surface area contributed by atoms with Gasteiger partial charge in [-0.25, -0.2) is 0 Å². The van der Waals surface area contributed by atoms with Gasteiger partial charge in [-0.15, -0.1) is 0 Å². The lowest BCUT2D eigenvalue weighted by molar-refractivity contribution is -0.154. The van der Waals surface area contributed by atoms with Crippen LogP contribution in [0.5, 0.6) is 5.75 Å². The minimum absolute atomic E-state index is 0.142. The van der Waals surface area contributed by atoms with Gasteiger partial charge in [0, 0.05) is 0 Å². The van der Waals surface area contributed by atoms with Crippen molar-refractivity contribution < 1.29 is 14.6 Å². The van der Waals surface area contributed by atoms with Crippen molar-refractivity contribution in [2.24, 2.45) is 5.41 Å². The molecule has 3 nitrogen and oxygen atoms in total. The van der Waals surface area contributed by atoms with Crippen LogP contribution < -0.4 is 0 Å². The average Bonchev–Trinajstić information content (AvgIpc) is 2.32. The third-order valence-electron chi connectivity index (χ3n) is 3.81. The Morgan fingerprint density at radius 1 is 0.913 bits per heavy atom. The number of hydrogen-bond acceptors (Lipinski definition) is 3. The van der Waals surface area contributed by atoms with Gasteiger partial charge in [0.05, 0.1) is 5.41 Å². The summed E-state index contributed by atoms with van der Waals surface area (Å²) in [6.07, 6.45) is 0. The summed E-state index contributed by atoms with van der Waals surface area (Å²) in [5.74, 6) is 0.0797. The number of benzene rings is 1. The quantitative estimate of drug-likeness (QED) is 0.773. The highest BCUT2D eigenvalue weighted by Gasteiger charge is 2.27. The largest absolute Gasteiger partial charge is 0.508 e. The molecule has 0 heterocycles. The highest BCUT2D eigenvalue weighted by atomic mass is 16.5. The molecular formula is C20H32O3. The first-order valence-electron chi connectivity index (χ1n) is 8.18. The van der Waals surface area contributed by atoms with Crippen molar-refractivity contribution in [1.82, 2.24) is 0 Å². The lowest BCUT2D eigenvalue weighted by atomic mass is 9.79. The van der Waals surface area contributed by atoms with E-state index in [1.807, 2.05) is 32.9 Å². The summed E-state index contributed by atoms with van der Waals surface area (Å²) < 4.78 is 5.52. The molecule has 1 aromatic rings. The molecule has 0 saturated heterocycles. The van der Waals surface area contributed by atoms with Crippen LogP contribution in [0, 0.1) is 5.41 Å². The van der Waals surface area contributed by atoms with Crippen LogP contribution in [0.4, 0.5) is 0 Å². The van der Waals surface area contributed by atoms with Crippen molar-refractivity contribution in [1.29, 1.82) is 0 Å². The number of ether oxygens (including phenoxy) is 1. The molecule has 0 saturated carbocycles. The van der Waals surface area contributed by atoms with E-state index in [4.69, 9.17) is 4.74 Å². The molecule has 0 amide bonds. The van der Waals surface area contributed by atoms with Gasteiger partial charge in [0.15, 0.2) is 0 Å². The summed E-state index contributed by atoms with van der Waals surface area (Å²) in [4.78, 5) is 12.1. The van der Waals surface area contributed by atoms with Crippen LogP contribution in [-0.4, -0.2) is 11.1 Å². The van der Waals surface area contributed by atoms with Gasteiger partial charge in [-0.2, -0.15) is 0 Å². The van der Waals surface area contributed by atoms with Gasteiger partial charge in [-0.05, 0) is 60.4 Å². The summed E-state index contributed by atoms with van der Waals surface area (Å²) in [6.45, 7) is 18.2. The van der Waals surface area contributed by atoms with Gasteiger partial charge in [0.25, 0.3) is 0 Å². The Morgan fingerprint density at radius 2 is 1.39 bits per heavy atom. The van der Waals surface area contributed by atoms with E-state index in [9.17, 15) is 9.90 Å². The zero-order valence-corrected chi connectivity index (χ0v) is 16.1. The van der Waals surface area contributed by atoms with E-state index in [1.165, 1.54) is 0 Å². The summed E-state index contributed by atoms with van der Waals surface area (Å²) in [7, 11) is 0. The highest BCUT2D eigenvalue weighted by Crippen LogP contribution is 2.37. The SMILES string of the molecule is CC(C)(C)C(=O)OCc1cc(C(C)(C)C)c(O)cc1C(C)(C)C. The third kappa shape index (κ3) is 4.98. The molecule has 0 aliphatic carbocycles. The first kappa shape index (κ1) is 19.5. The maximum absolute atomic E-state index is 12.1. The second-order valence-electron chi connectivity index (χ2n) is 9.35. The molecule has 0 aliphatic rings. The molecule has 0 bridgehead atoms. The standard InChI is InChI=1S/C20H32O3/c1-18(2,3)14-11-16(21)15(19(4,5)6)10-13(14)12-23-17(22)20(7,8)9/h10-11,21H,12H2,1-9H3. The summed E-state index contributed by atoms with van der Waals surface area (Å²) in [6, 6.07) is 3.80. The van der Waals surface area contributed by atoms with Gasteiger partial charge in [-0.1, -0.05) is 41.5 Å². The van der Waals surface area contributed by atoms with Crippen molar-refractivity contribution in [3.63, 3.8) is 0 Å². The number of rotatable bonds is 2. The summed E-state index contributed by atoms with van der Waals surface area (Å²) >= 11 is 0. The van der Waals surface area contributed by atoms with E-state index in [0.29, 0.717) is 5.75 Å². The number of carbonyl (C=O) groups is 1. The van der Waals surface area contributed by atoms with Gasteiger partial charge in [-0.3, -0.25) is 4.79 Å². The first-order chi connectivity index (χ1) is 10.1. The molecular weight excluding hydrogens is 288 g/mol. The lowest BCUT2D eigenvalue weighted by Crippen LogP contribution is -2.24. The highest BCUT2D eigenvalue weighted by molar-refractivity contribution is 5.75. The fourth-order valence-electron chi connectivity index (χ4n) is 2.41. The molecule has 23 heavy (non-hydrogen) atoms. The van der Waals surface area contributed by atoms with Gasteiger partial charge < -0.3 is 9.84 Å². The van der Waals surface area contributed by atoms with Crippen LogP contribution in [0.1, 0.15) is 79.0 Å². The Bertz CT molecular complexity index is 579. The molecule has 0 aliphatic heterocycles. The van der Waals surface area contributed by atoms with E-state index in [0.717, 1.165) is 16.7 Å². The molecule has 1 rings (SSSR count). The number of phenols is 1. The molecule has 3 heteroatoms. The van der Waals surface area contributed by atoms with Gasteiger partial charge in [0.1, 0.15) is 12.4 Å². The average molecular weight is 320 g/mol. The van der Waals surface area contributed by atoms with Crippen LogP contribution in [0.3, 0.4) is 0 Å². The van der Waals surface area contributed by atoms with E-state index in [2.05, 4.69) is 41.5 Å². The smallest absolute Gasteiger partial charge is 0.311 e. The lowest BCUT2D eigenvalue weighted by Gasteiger charge is -2.28. The van der Waals surface area contributed by atoms with E-state index < -0.39 is 5.41 Å². The van der Waals surface area contributed by atoms with Crippen LogP contribution in [0.15, 0.2) is 12.1 Å². The first-order valence-corrected chi connectivity index (χ1v) is 8.18. The van der Waals surface area contributed by atoms with Crippen molar-refractivity contribution in [2.75, 3.05) is 0 Å². The van der Waals surface area contributed by atoms with Crippen molar-refractivity contribution in [3.05, 3.63) is 28.8 Å². The number of aromatic hydroxyl groups is 1. The van der Waals surface area contributed by atoms with Crippen LogP contribution in [0.25, 0.3) is 0 Å². The topological polar surface area (TPSA) is 46.5 Å². The second kappa shape index (κ2) is 6.18. The number of hydrogen-bond donors (Lipinski definition) is 1. The Hall–Kier alpha value is -1.51. The van der Waals surface area contributed by atoms with Gasteiger partial charge in [0.2, 0.25) is 0 Å². The Kier molecular flexibility index (Phi) is 5.25. The summed E-state index contributed by atoms with van der Waals surface area (Å²) in [5.41, 5.74) is 1.99. The molecule has 1 N–H and O–H groups in total. The maximum atomic E-state index is 12.1. The fourth-order valence-corrected chi connectivity index (χ4v) is 2.41.